The first-order chi connectivity index (χ1) is 11.6. The van der Waals surface area contributed by atoms with Gasteiger partial charge >= 0.3 is 0 Å². The molecule has 0 saturated carbocycles. The number of carbonyl (C=O) groups is 1. The molecule has 3 rings (SSSR count). The number of ketones is 1. The zero-order chi connectivity index (χ0) is 17.1. The molecule has 0 aliphatic carbocycles. The fourth-order valence-electron chi connectivity index (χ4n) is 2.64. The van der Waals surface area contributed by atoms with E-state index in [0.717, 1.165) is 16.7 Å². The molecule has 0 aliphatic heterocycles. The van der Waals surface area contributed by atoms with Crippen LogP contribution in [-0.4, -0.2) is 5.78 Å². The van der Waals surface area contributed by atoms with E-state index in [-0.39, 0.29) is 11.6 Å². The maximum absolute atomic E-state index is 13.1. The molecule has 0 unspecified atom stereocenters. The van der Waals surface area contributed by atoms with Gasteiger partial charge in [0.05, 0.1) is 0 Å². The number of hydrogen-bond donors (Lipinski definition) is 0. The second-order valence-electron chi connectivity index (χ2n) is 5.91. The van der Waals surface area contributed by atoms with E-state index < -0.39 is 0 Å². The first kappa shape index (κ1) is 16.2. The fraction of sp³-hybridized carbons (Fsp3) is 0.190. The summed E-state index contributed by atoms with van der Waals surface area (Å²) in [5.74, 6) is 0.794. The third kappa shape index (κ3) is 3.46. The first-order valence-electron chi connectivity index (χ1n) is 8.04. The van der Waals surface area contributed by atoms with E-state index in [1.807, 2.05) is 44.2 Å². The van der Waals surface area contributed by atoms with Gasteiger partial charge in [-0.05, 0) is 30.7 Å². The molecular formula is C21H19FO2. The number of Topliss-reactive ketones (excluding diaryl/α,β-unsaturated/α-hetero) is 1. The smallest absolute Gasteiger partial charge is 0.198 e. The molecule has 1 heterocycles. The number of furan rings is 1. The zero-order valence-corrected chi connectivity index (χ0v) is 13.8. The molecule has 0 bridgehead atoms. The van der Waals surface area contributed by atoms with Crippen molar-refractivity contribution in [2.75, 3.05) is 0 Å². The Morgan fingerprint density at radius 3 is 2.33 bits per heavy atom. The number of benzene rings is 2. The highest BCUT2D eigenvalue weighted by atomic mass is 19.1. The maximum Gasteiger partial charge on any atom is 0.198 e. The van der Waals surface area contributed by atoms with E-state index in [4.69, 9.17) is 4.42 Å². The average Bonchev–Trinajstić information content (AvgIpc) is 3.00. The number of hydrogen-bond acceptors (Lipinski definition) is 2. The summed E-state index contributed by atoms with van der Waals surface area (Å²) in [6.45, 7) is 3.84. The van der Waals surface area contributed by atoms with E-state index in [2.05, 4.69) is 0 Å². The molecule has 122 valence electrons. The van der Waals surface area contributed by atoms with Gasteiger partial charge in [0, 0.05) is 24.0 Å². The Bertz CT molecular complexity index is 843. The predicted octanol–water partition coefficient (Wildman–Crippen LogP) is 5.58. The topological polar surface area (TPSA) is 30.2 Å². The molecule has 3 heteroatoms. The van der Waals surface area contributed by atoms with Crippen LogP contribution in [0.3, 0.4) is 0 Å². The van der Waals surface area contributed by atoms with Crippen LogP contribution in [0.15, 0.2) is 59.0 Å². The third-order valence-corrected chi connectivity index (χ3v) is 4.03. The molecule has 24 heavy (non-hydrogen) atoms. The van der Waals surface area contributed by atoms with Crippen LogP contribution in [0, 0.1) is 12.7 Å². The van der Waals surface area contributed by atoms with Gasteiger partial charge in [-0.25, -0.2) is 4.39 Å². The summed E-state index contributed by atoms with van der Waals surface area (Å²) in [6, 6.07) is 16.2. The fourth-order valence-corrected chi connectivity index (χ4v) is 2.64. The van der Waals surface area contributed by atoms with Gasteiger partial charge < -0.3 is 4.42 Å². The molecule has 0 saturated heterocycles. The predicted molar refractivity (Wildman–Crippen MR) is 92.7 cm³/mol. The van der Waals surface area contributed by atoms with Crippen LogP contribution in [0.4, 0.5) is 4.39 Å². The van der Waals surface area contributed by atoms with Gasteiger partial charge in [-0.3, -0.25) is 4.79 Å². The Balaban J connectivity index is 1.98. The van der Waals surface area contributed by atoms with Crippen LogP contribution >= 0.6 is 0 Å². The SMILES string of the molecule is CCC(=O)c1oc(-c2ccc(C)cc2)cc1Cc1ccc(F)cc1. The van der Waals surface area contributed by atoms with Crippen molar-refractivity contribution in [3.63, 3.8) is 0 Å². The van der Waals surface area contributed by atoms with Crippen LogP contribution in [0.1, 0.15) is 40.6 Å². The molecule has 2 aromatic carbocycles. The molecule has 0 aliphatic rings. The van der Waals surface area contributed by atoms with Gasteiger partial charge in [0.25, 0.3) is 0 Å². The minimum Gasteiger partial charge on any atom is -0.453 e. The number of rotatable bonds is 5. The molecule has 0 spiro atoms. The summed E-state index contributed by atoms with van der Waals surface area (Å²) >= 11 is 0. The van der Waals surface area contributed by atoms with Crippen LogP contribution in [0.25, 0.3) is 11.3 Å². The van der Waals surface area contributed by atoms with E-state index in [1.54, 1.807) is 12.1 Å². The molecule has 3 aromatic rings. The largest absolute Gasteiger partial charge is 0.453 e. The Morgan fingerprint density at radius 2 is 1.71 bits per heavy atom. The lowest BCUT2D eigenvalue weighted by Crippen LogP contribution is -1.99. The van der Waals surface area contributed by atoms with E-state index in [1.165, 1.54) is 17.7 Å². The second kappa shape index (κ2) is 6.83. The molecule has 0 atom stereocenters. The molecular weight excluding hydrogens is 303 g/mol. The van der Waals surface area contributed by atoms with Crippen molar-refractivity contribution in [1.82, 2.24) is 0 Å². The second-order valence-corrected chi connectivity index (χ2v) is 5.91. The van der Waals surface area contributed by atoms with Crippen molar-refractivity contribution >= 4 is 5.78 Å². The molecule has 0 amide bonds. The summed E-state index contributed by atoms with van der Waals surface area (Å²) < 4.78 is 18.9. The Hall–Kier alpha value is -2.68. The summed E-state index contributed by atoms with van der Waals surface area (Å²) in [5, 5.41) is 0. The molecule has 0 N–H and O–H groups in total. The summed E-state index contributed by atoms with van der Waals surface area (Å²) in [6.07, 6.45) is 0.925. The van der Waals surface area contributed by atoms with Gasteiger partial charge in [-0.1, -0.05) is 48.9 Å². The normalized spacial score (nSPS) is 10.8. The minimum atomic E-state index is -0.267. The Labute approximate surface area is 140 Å². The number of carbonyl (C=O) groups excluding carboxylic acids is 1. The van der Waals surface area contributed by atoms with Crippen LogP contribution in [0.5, 0.6) is 0 Å². The highest BCUT2D eigenvalue weighted by molar-refractivity contribution is 5.95. The van der Waals surface area contributed by atoms with Crippen molar-refractivity contribution in [1.29, 1.82) is 0 Å². The van der Waals surface area contributed by atoms with Crippen molar-refractivity contribution in [3.05, 3.63) is 82.9 Å². The van der Waals surface area contributed by atoms with Crippen molar-refractivity contribution in [2.24, 2.45) is 0 Å². The van der Waals surface area contributed by atoms with Gasteiger partial charge in [0.15, 0.2) is 11.5 Å². The maximum atomic E-state index is 13.1. The highest BCUT2D eigenvalue weighted by Gasteiger charge is 2.18. The lowest BCUT2D eigenvalue weighted by atomic mass is 10.0. The average molecular weight is 322 g/mol. The van der Waals surface area contributed by atoms with Gasteiger partial charge in [-0.15, -0.1) is 0 Å². The third-order valence-electron chi connectivity index (χ3n) is 4.03. The molecule has 0 fully saturated rings. The first-order valence-corrected chi connectivity index (χ1v) is 8.04. The lowest BCUT2D eigenvalue weighted by Gasteiger charge is -2.01. The van der Waals surface area contributed by atoms with E-state index >= 15 is 0 Å². The van der Waals surface area contributed by atoms with Crippen molar-refractivity contribution < 1.29 is 13.6 Å². The summed E-state index contributed by atoms with van der Waals surface area (Å²) in [5.41, 5.74) is 3.89. The number of aryl methyl sites for hydroxylation is 1. The molecule has 2 nitrogen and oxygen atoms in total. The quantitative estimate of drug-likeness (QED) is 0.574. The Morgan fingerprint density at radius 1 is 1.04 bits per heavy atom. The lowest BCUT2D eigenvalue weighted by molar-refractivity contribution is 0.0961. The van der Waals surface area contributed by atoms with E-state index in [9.17, 15) is 9.18 Å². The van der Waals surface area contributed by atoms with Gasteiger partial charge in [0.2, 0.25) is 0 Å². The molecule has 1 aromatic heterocycles. The Kier molecular flexibility index (Phi) is 4.61. The summed E-state index contributed by atoms with van der Waals surface area (Å²) in [7, 11) is 0. The van der Waals surface area contributed by atoms with Crippen molar-refractivity contribution in [3.8, 4) is 11.3 Å². The van der Waals surface area contributed by atoms with Crippen molar-refractivity contribution in [2.45, 2.75) is 26.7 Å². The number of halogens is 1. The highest BCUT2D eigenvalue weighted by Crippen LogP contribution is 2.28. The van der Waals surface area contributed by atoms with Gasteiger partial charge in [0.1, 0.15) is 11.6 Å². The van der Waals surface area contributed by atoms with Gasteiger partial charge in [-0.2, -0.15) is 0 Å². The van der Waals surface area contributed by atoms with Crippen LogP contribution in [-0.2, 0) is 6.42 Å². The van der Waals surface area contributed by atoms with Crippen LogP contribution in [0.2, 0.25) is 0 Å². The zero-order valence-electron chi connectivity index (χ0n) is 13.8. The van der Waals surface area contributed by atoms with Crippen LogP contribution < -0.4 is 0 Å². The monoisotopic (exact) mass is 322 g/mol. The van der Waals surface area contributed by atoms with E-state index in [0.29, 0.717) is 24.4 Å². The minimum absolute atomic E-state index is 0.0227. The summed E-state index contributed by atoms with van der Waals surface area (Å²) in [4.78, 5) is 12.2. The standard InChI is InChI=1S/C21H19FO2/c1-3-19(23)21-17(12-15-6-10-18(22)11-7-15)13-20(24-21)16-8-4-14(2)5-9-16/h4-11,13H,3,12H2,1-2H3. The molecule has 0 radical (unpaired) electrons.